The third-order valence-electron chi connectivity index (χ3n) is 5.73. The number of nitrogens with one attached hydrogen (secondary N) is 1. The van der Waals surface area contributed by atoms with E-state index in [0.717, 1.165) is 11.1 Å². The SMILES string of the molecule is C[C@@H](C(=O)O)c1ccc(C2(NC(=O)c3cc4c(Cl)c(Cl)ccc4n3C)COC2)cc1. The summed E-state index contributed by atoms with van der Waals surface area (Å²) in [7, 11) is 1.80. The van der Waals surface area contributed by atoms with Crippen molar-refractivity contribution in [1.29, 1.82) is 0 Å². The molecule has 2 aromatic carbocycles. The number of benzene rings is 2. The fourth-order valence-electron chi connectivity index (χ4n) is 3.70. The van der Waals surface area contributed by atoms with E-state index in [-0.39, 0.29) is 5.91 Å². The molecule has 1 aliphatic rings. The van der Waals surface area contributed by atoms with Gasteiger partial charge in [-0.2, -0.15) is 0 Å². The summed E-state index contributed by atoms with van der Waals surface area (Å²) in [6.45, 7) is 2.31. The Bertz CT molecular complexity index is 1150. The topological polar surface area (TPSA) is 80.6 Å². The van der Waals surface area contributed by atoms with Crippen molar-refractivity contribution >= 4 is 46.0 Å². The van der Waals surface area contributed by atoms with E-state index in [1.165, 1.54) is 0 Å². The highest BCUT2D eigenvalue weighted by molar-refractivity contribution is 6.45. The summed E-state index contributed by atoms with van der Waals surface area (Å²) in [5, 5.41) is 13.8. The highest BCUT2D eigenvalue weighted by Gasteiger charge is 2.42. The third kappa shape index (κ3) is 3.35. The molecule has 1 amide bonds. The second kappa shape index (κ2) is 7.61. The van der Waals surface area contributed by atoms with E-state index in [1.807, 2.05) is 18.2 Å². The number of aryl methyl sites for hydroxylation is 1. The van der Waals surface area contributed by atoms with Gasteiger partial charge in [-0.15, -0.1) is 0 Å². The molecule has 0 aliphatic carbocycles. The average molecular weight is 447 g/mol. The Morgan fingerprint density at radius 2 is 1.83 bits per heavy atom. The molecule has 2 N–H and O–H groups in total. The highest BCUT2D eigenvalue weighted by Crippen LogP contribution is 2.34. The molecular formula is C22H20Cl2N2O4. The van der Waals surface area contributed by atoms with Crippen LogP contribution in [0.2, 0.25) is 10.0 Å². The van der Waals surface area contributed by atoms with Crippen molar-refractivity contribution in [3.05, 3.63) is 69.3 Å². The van der Waals surface area contributed by atoms with Gasteiger partial charge in [0.15, 0.2) is 0 Å². The predicted molar refractivity (Wildman–Crippen MR) is 115 cm³/mol. The van der Waals surface area contributed by atoms with Crippen LogP contribution in [0.15, 0.2) is 42.5 Å². The summed E-state index contributed by atoms with van der Waals surface area (Å²) >= 11 is 12.4. The number of carboxylic acid groups (broad SMARTS) is 1. The first-order chi connectivity index (χ1) is 14.2. The van der Waals surface area contributed by atoms with Gasteiger partial charge in [-0.25, -0.2) is 0 Å². The first-order valence-electron chi connectivity index (χ1n) is 9.40. The van der Waals surface area contributed by atoms with Gasteiger partial charge in [0.2, 0.25) is 0 Å². The minimum Gasteiger partial charge on any atom is -0.481 e. The molecule has 8 heteroatoms. The number of halogens is 2. The number of aromatic nitrogens is 1. The lowest BCUT2D eigenvalue weighted by Gasteiger charge is -2.42. The summed E-state index contributed by atoms with van der Waals surface area (Å²) in [5.74, 6) is -1.74. The summed E-state index contributed by atoms with van der Waals surface area (Å²) in [6.07, 6.45) is 0. The van der Waals surface area contributed by atoms with E-state index in [4.69, 9.17) is 27.9 Å². The van der Waals surface area contributed by atoms with Crippen molar-refractivity contribution in [3.8, 4) is 0 Å². The molecule has 0 spiro atoms. The lowest BCUT2D eigenvalue weighted by molar-refractivity contribution is -0.138. The largest absolute Gasteiger partial charge is 0.481 e. The van der Waals surface area contributed by atoms with E-state index in [9.17, 15) is 14.7 Å². The predicted octanol–water partition coefficient (Wildman–Crippen LogP) is 4.33. The van der Waals surface area contributed by atoms with E-state index < -0.39 is 17.4 Å². The summed E-state index contributed by atoms with van der Waals surface area (Å²) < 4.78 is 7.19. The number of hydrogen-bond donors (Lipinski definition) is 2. The molecule has 1 saturated heterocycles. The Hall–Kier alpha value is -2.54. The van der Waals surface area contributed by atoms with E-state index in [1.54, 1.807) is 42.8 Å². The van der Waals surface area contributed by atoms with Crippen LogP contribution in [0.5, 0.6) is 0 Å². The molecule has 156 valence electrons. The minimum atomic E-state index is -0.882. The first-order valence-corrected chi connectivity index (χ1v) is 10.2. The number of carboxylic acids is 1. The number of nitrogens with zero attached hydrogens (tertiary/aromatic N) is 1. The molecule has 30 heavy (non-hydrogen) atoms. The molecule has 1 aromatic heterocycles. The molecule has 0 saturated carbocycles. The number of hydrogen-bond acceptors (Lipinski definition) is 3. The molecule has 6 nitrogen and oxygen atoms in total. The number of carbonyl (C=O) groups is 2. The lowest BCUT2D eigenvalue weighted by Crippen LogP contribution is -2.59. The number of ether oxygens (including phenoxy) is 1. The van der Waals surface area contributed by atoms with Crippen LogP contribution in [-0.2, 0) is 22.1 Å². The number of amides is 1. The van der Waals surface area contributed by atoms with E-state index >= 15 is 0 Å². The van der Waals surface area contributed by atoms with Gasteiger partial charge in [0.05, 0.1) is 29.2 Å². The van der Waals surface area contributed by atoms with Crippen LogP contribution in [0.3, 0.4) is 0 Å². The fourth-order valence-corrected chi connectivity index (χ4v) is 4.08. The van der Waals surface area contributed by atoms with Gasteiger partial charge in [-0.1, -0.05) is 47.5 Å². The van der Waals surface area contributed by atoms with Crippen LogP contribution in [0.4, 0.5) is 0 Å². The number of aliphatic carboxylic acids is 1. The highest BCUT2D eigenvalue weighted by atomic mass is 35.5. The maximum atomic E-state index is 13.1. The van der Waals surface area contributed by atoms with Crippen molar-refractivity contribution in [3.63, 3.8) is 0 Å². The molecule has 0 radical (unpaired) electrons. The van der Waals surface area contributed by atoms with Gasteiger partial charge in [0, 0.05) is 18.0 Å². The normalized spacial score (nSPS) is 16.1. The molecule has 1 atom stereocenters. The van der Waals surface area contributed by atoms with Crippen LogP contribution in [0.1, 0.15) is 34.5 Å². The summed E-state index contributed by atoms with van der Waals surface area (Å²) in [5.41, 5.74) is 2.16. The Kier molecular flexibility index (Phi) is 5.26. The zero-order valence-corrected chi connectivity index (χ0v) is 17.9. The summed E-state index contributed by atoms with van der Waals surface area (Å²) in [4.78, 5) is 24.3. The molecule has 3 aromatic rings. The van der Waals surface area contributed by atoms with Crippen molar-refractivity contribution in [2.24, 2.45) is 7.05 Å². The monoisotopic (exact) mass is 446 g/mol. The van der Waals surface area contributed by atoms with Gasteiger partial charge in [-0.05, 0) is 36.2 Å². The van der Waals surface area contributed by atoms with Gasteiger partial charge < -0.3 is 19.7 Å². The third-order valence-corrected chi connectivity index (χ3v) is 6.55. The van der Waals surface area contributed by atoms with Crippen molar-refractivity contribution in [1.82, 2.24) is 9.88 Å². The average Bonchev–Trinajstić information content (AvgIpc) is 3.04. The maximum Gasteiger partial charge on any atom is 0.310 e. The molecular weight excluding hydrogens is 427 g/mol. The Morgan fingerprint density at radius 3 is 2.40 bits per heavy atom. The van der Waals surface area contributed by atoms with Crippen molar-refractivity contribution in [2.75, 3.05) is 13.2 Å². The van der Waals surface area contributed by atoms with Gasteiger partial charge in [0.25, 0.3) is 5.91 Å². The van der Waals surface area contributed by atoms with Crippen LogP contribution in [-0.4, -0.2) is 34.8 Å². The van der Waals surface area contributed by atoms with E-state index in [0.29, 0.717) is 39.9 Å². The number of carbonyl (C=O) groups excluding carboxylic acids is 1. The van der Waals surface area contributed by atoms with Crippen LogP contribution >= 0.6 is 23.2 Å². The molecule has 4 rings (SSSR count). The molecule has 0 unspecified atom stereocenters. The lowest BCUT2D eigenvalue weighted by atomic mass is 9.86. The Labute approximate surface area is 183 Å². The van der Waals surface area contributed by atoms with E-state index in [2.05, 4.69) is 5.32 Å². The van der Waals surface area contributed by atoms with Gasteiger partial charge in [-0.3, -0.25) is 9.59 Å². The second-order valence-corrected chi connectivity index (χ2v) is 8.38. The molecule has 1 aliphatic heterocycles. The summed E-state index contributed by atoms with van der Waals surface area (Å²) in [6, 6.07) is 12.5. The minimum absolute atomic E-state index is 0.257. The van der Waals surface area contributed by atoms with Crippen LogP contribution in [0, 0.1) is 0 Å². The molecule has 1 fully saturated rings. The number of fused-ring (bicyclic) bond motifs is 1. The standard InChI is InChI=1S/C22H20Cl2N2O4/c1-12(21(28)29)13-3-5-14(6-4-13)22(10-30-11-22)25-20(27)18-9-15-17(26(18)2)8-7-16(23)19(15)24/h3-9,12H,10-11H2,1-2H3,(H,25,27)(H,28,29)/t12-/m1/s1. The van der Waals surface area contributed by atoms with Crippen molar-refractivity contribution in [2.45, 2.75) is 18.4 Å². The first kappa shape index (κ1) is 20.7. The van der Waals surface area contributed by atoms with Crippen molar-refractivity contribution < 1.29 is 19.4 Å². The van der Waals surface area contributed by atoms with Gasteiger partial charge >= 0.3 is 5.97 Å². The maximum absolute atomic E-state index is 13.1. The molecule has 0 bridgehead atoms. The van der Waals surface area contributed by atoms with Gasteiger partial charge in [0.1, 0.15) is 11.2 Å². The fraction of sp³-hybridized carbons (Fsp3) is 0.273. The zero-order valence-electron chi connectivity index (χ0n) is 16.4. The Balaban J connectivity index is 1.63. The quantitative estimate of drug-likeness (QED) is 0.610. The van der Waals surface area contributed by atoms with Crippen LogP contribution < -0.4 is 5.32 Å². The smallest absolute Gasteiger partial charge is 0.310 e. The number of rotatable bonds is 5. The molecule has 2 heterocycles. The van der Waals surface area contributed by atoms with Crippen LogP contribution in [0.25, 0.3) is 10.9 Å². The second-order valence-electron chi connectivity index (χ2n) is 7.59. The Morgan fingerprint density at radius 1 is 1.17 bits per heavy atom. The zero-order chi connectivity index (χ0) is 21.6.